The molecule has 2 atom stereocenters. The summed E-state index contributed by atoms with van der Waals surface area (Å²) in [5.41, 5.74) is 0.506. The first-order valence-electron chi connectivity index (χ1n) is 22.5. The van der Waals surface area contributed by atoms with Crippen LogP contribution >= 0.6 is 7.92 Å². The van der Waals surface area contributed by atoms with Crippen molar-refractivity contribution in [3.8, 4) is 0 Å². The molecule has 0 heterocycles. The van der Waals surface area contributed by atoms with E-state index in [9.17, 15) is 14.4 Å². The average Bonchev–Trinajstić information content (AvgIpc) is 3.08. The monoisotopic (exact) mass is 768 g/mol. The van der Waals surface area contributed by atoms with Crippen LogP contribution in [0.3, 0.4) is 0 Å². The Hall–Kier alpha value is -1.00. The van der Waals surface area contributed by atoms with E-state index in [0.717, 1.165) is 139 Å². The highest BCUT2D eigenvalue weighted by Gasteiger charge is 2.18. The highest BCUT2D eigenvalue weighted by atomic mass is 31.1. The van der Waals surface area contributed by atoms with Gasteiger partial charge in [0, 0.05) is 19.3 Å². The summed E-state index contributed by atoms with van der Waals surface area (Å²) in [6.45, 7) is 20.5. The Kier molecular flexibility index (Phi) is 33.6. The lowest BCUT2D eigenvalue weighted by atomic mass is 9.85. The third-order valence-electron chi connectivity index (χ3n) is 11.0. The molecule has 0 amide bonds. The second kappa shape index (κ2) is 34.3. The smallest absolute Gasteiger partial charge is 0.305 e. The fourth-order valence-corrected chi connectivity index (χ4v) is 9.60. The van der Waals surface area contributed by atoms with Gasteiger partial charge in [-0.15, -0.1) is 0 Å². The van der Waals surface area contributed by atoms with E-state index in [4.69, 9.17) is 9.47 Å². The fraction of sp³-hybridized carbons (Fsp3) is 0.935. The molecular formula is C46H90NO5P. The molecule has 0 rings (SSSR count). The van der Waals surface area contributed by atoms with Crippen LogP contribution < -0.4 is 0 Å². The van der Waals surface area contributed by atoms with Gasteiger partial charge in [0.15, 0.2) is 5.52 Å². The van der Waals surface area contributed by atoms with E-state index >= 15 is 0 Å². The molecule has 0 bridgehead atoms. The largest absolute Gasteiger partial charge is 0.466 e. The van der Waals surface area contributed by atoms with E-state index in [2.05, 4.69) is 74.4 Å². The van der Waals surface area contributed by atoms with Crippen molar-refractivity contribution >= 4 is 25.4 Å². The van der Waals surface area contributed by atoms with Gasteiger partial charge in [-0.2, -0.15) is 0 Å². The number of hydrogen-bond acceptors (Lipinski definition) is 6. The molecule has 0 aromatic carbocycles. The Labute approximate surface area is 331 Å². The summed E-state index contributed by atoms with van der Waals surface area (Å²) in [6, 6.07) is 0. The minimum atomic E-state index is -0.576. The lowest BCUT2D eigenvalue weighted by molar-refractivity contribution is -0.144. The van der Waals surface area contributed by atoms with Crippen molar-refractivity contribution in [3.05, 3.63) is 0 Å². The maximum atomic E-state index is 13.2. The summed E-state index contributed by atoms with van der Waals surface area (Å²) in [5, 5.41) is 0. The van der Waals surface area contributed by atoms with E-state index in [0.29, 0.717) is 49.8 Å². The molecule has 7 heteroatoms. The Balaban J connectivity index is 4.22. The SMILES string of the molecule is CC(C)CCC(CCCOC(=O)CCCCCCCP(CCCCCCCC(=O)OCCCC(CCC(C)C)C(C)C)C(=O)CCCN(C)C)C(C)C. The Morgan fingerprint density at radius 1 is 0.472 bits per heavy atom. The second-order valence-corrected chi connectivity index (χ2v) is 20.5. The summed E-state index contributed by atoms with van der Waals surface area (Å²) < 4.78 is 11.1. The Morgan fingerprint density at radius 2 is 0.868 bits per heavy atom. The number of unbranched alkanes of at least 4 members (excludes halogenated alkanes) is 8. The molecule has 0 saturated heterocycles. The molecule has 0 saturated carbocycles. The lowest BCUT2D eigenvalue weighted by Crippen LogP contribution is -2.14. The van der Waals surface area contributed by atoms with Crippen LogP contribution in [0.25, 0.3) is 0 Å². The molecule has 314 valence electrons. The molecule has 0 radical (unpaired) electrons. The summed E-state index contributed by atoms with van der Waals surface area (Å²) in [4.78, 5) is 39.9. The highest BCUT2D eigenvalue weighted by molar-refractivity contribution is 7.74. The fourth-order valence-electron chi connectivity index (χ4n) is 7.19. The zero-order chi connectivity index (χ0) is 39.9. The highest BCUT2D eigenvalue weighted by Crippen LogP contribution is 2.41. The number of carbonyl (C=O) groups is 3. The Morgan fingerprint density at radius 3 is 1.25 bits per heavy atom. The normalized spacial score (nSPS) is 13.7. The third-order valence-corrected chi connectivity index (χ3v) is 13.7. The molecule has 53 heavy (non-hydrogen) atoms. The zero-order valence-corrected chi connectivity index (χ0v) is 37.9. The summed E-state index contributed by atoms with van der Waals surface area (Å²) in [5.74, 6) is 4.22. The van der Waals surface area contributed by atoms with Crippen molar-refractivity contribution in [2.45, 2.75) is 197 Å². The van der Waals surface area contributed by atoms with Crippen molar-refractivity contribution in [1.82, 2.24) is 4.90 Å². The minimum absolute atomic E-state index is 0.0434. The third kappa shape index (κ3) is 32.9. The van der Waals surface area contributed by atoms with E-state index in [1.807, 2.05) is 0 Å². The first kappa shape index (κ1) is 52.0. The predicted octanol–water partition coefficient (Wildman–Crippen LogP) is 13.1. The summed E-state index contributed by atoms with van der Waals surface area (Å²) in [7, 11) is 3.57. The number of esters is 2. The van der Waals surface area contributed by atoms with Gasteiger partial charge in [-0.3, -0.25) is 14.4 Å². The van der Waals surface area contributed by atoms with Gasteiger partial charge < -0.3 is 14.4 Å². The first-order valence-corrected chi connectivity index (χ1v) is 24.2. The van der Waals surface area contributed by atoms with Crippen LogP contribution in [-0.2, 0) is 23.9 Å². The van der Waals surface area contributed by atoms with Crippen molar-refractivity contribution in [1.29, 1.82) is 0 Å². The molecule has 0 N–H and O–H groups in total. The van der Waals surface area contributed by atoms with Gasteiger partial charge in [0.05, 0.1) is 13.2 Å². The van der Waals surface area contributed by atoms with Gasteiger partial charge in [0.1, 0.15) is 0 Å². The van der Waals surface area contributed by atoms with Crippen LogP contribution in [0.4, 0.5) is 0 Å². The minimum Gasteiger partial charge on any atom is -0.466 e. The molecule has 0 aliphatic carbocycles. The van der Waals surface area contributed by atoms with Crippen molar-refractivity contribution < 1.29 is 23.9 Å². The Bertz CT molecular complexity index is 831. The number of nitrogens with zero attached hydrogens (tertiary/aromatic N) is 1. The first-order chi connectivity index (χ1) is 25.2. The van der Waals surface area contributed by atoms with Crippen LogP contribution in [0.2, 0.25) is 0 Å². The van der Waals surface area contributed by atoms with E-state index in [1.165, 1.54) is 25.7 Å². The molecule has 2 unspecified atom stereocenters. The number of ether oxygens (including phenoxy) is 2. The van der Waals surface area contributed by atoms with Crippen LogP contribution in [-0.4, -0.2) is 68.5 Å². The summed E-state index contributed by atoms with van der Waals surface area (Å²) >= 11 is 0. The maximum absolute atomic E-state index is 13.2. The molecule has 0 aromatic heterocycles. The van der Waals surface area contributed by atoms with Crippen LogP contribution in [0.15, 0.2) is 0 Å². The topological polar surface area (TPSA) is 72.9 Å². The number of carbonyl (C=O) groups excluding carboxylic acids is 3. The van der Waals surface area contributed by atoms with Crippen molar-refractivity contribution in [2.75, 3.05) is 46.2 Å². The zero-order valence-electron chi connectivity index (χ0n) is 37.0. The van der Waals surface area contributed by atoms with Gasteiger partial charge in [-0.25, -0.2) is 0 Å². The number of rotatable bonds is 37. The van der Waals surface area contributed by atoms with Crippen LogP contribution in [0, 0.1) is 35.5 Å². The molecular weight excluding hydrogens is 677 g/mol. The predicted molar refractivity (Wildman–Crippen MR) is 230 cm³/mol. The maximum Gasteiger partial charge on any atom is 0.305 e. The van der Waals surface area contributed by atoms with Crippen LogP contribution in [0.5, 0.6) is 0 Å². The van der Waals surface area contributed by atoms with E-state index in [-0.39, 0.29) is 11.9 Å². The van der Waals surface area contributed by atoms with Gasteiger partial charge in [0.25, 0.3) is 0 Å². The molecule has 0 aliphatic heterocycles. The number of hydrogen-bond donors (Lipinski definition) is 0. The van der Waals surface area contributed by atoms with Gasteiger partial charge in [-0.05, 0) is 147 Å². The molecule has 0 spiro atoms. The standard InChI is InChI=1S/C46H90NO5P/c1-38(2)29-31-42(40(5)6)24-22-34-51-44(48)26-17-13-11-15-19-36-53(46(50)28-21-33-47(9)10)37-20-16-12-14-18-27-45(49)52-35-23-25-43(41(7)8)32-30-39(3)4/h38-43H,11-37H2,1-10H3. The summed E-state index contributed by atoms with van der Waals surface area (Å²) in [6.07, 6.45) is 24.8. The quantitative estimate of drug-likeness (QED) is 0.0356. The molecule has 0 fully saturated rings. The molecule has 0 aliphatic rings. The lowest BCUT2D eigenvalue weighted by Gasteiger charge is -2.21. The van der Waals surface area contributed by atoms with E-state index < -0.39 is 7.92 Å². The van der Waals surface area contributed by atoms with Gasteiger partial charge in [-0.1, -0.05) is 107 Å². The molecule has 0 aromatic rings. The van der Waals surface area contributed by atoms with Gasteiger partial charge in [0.2, 0.25) is 0 Å². The second-order valence-electron chi connectivity index (χ2n) is 18.0. The van der Waals surface area contributed by atoms with Crippen molar-refractivity contribution in [2.24, 2.45) is 35.5 Å². The van der Waals surface area contributed by atoms with Crippen molar-refractivity contribution in [3.63, 3.8) is 0 Å². The van der Waals surface area contributed by atoms with Gasteiger partial charge >= 0.3 is 11.9 Å². The van der Waals surface area contributed by atoms with Crippen LogP contribution in [0.1, 0.15) is 197 Å². The van der Waals surface area contributed by atoms with E-state index in [1.54, 1.807) is 0 Å². The average molecular weight is 768 g/mol. The molecule has 6 nitrogen and oxygen atoms in total.